The minimum atomic E-state index is -1.10. The highest BCUT2D eigenvalue weighted by Crippen LogP contribution is 2.28. The zero-order valence-corrected chi connectivity index (χ0v) is 12.2. The van der Waals surface area contributed by atoms with Crippen molar-refractivity contribution in [3.63, 3.8) is 0 Å². The second-order valence-corrected chi connectivity index (χ2v) is 5.40. The third-order valence-corrected chi connectivity index (χ3v) is 3.90. The number of rotatable bonds is 4. The monoisotopic (exact) mass is 292 g/mol. The molecule has 1 heterocycles. The number of hydrogen-bond donors (Lipinski definition) is 3. The van der Waals surface area contributed by atoms with Crippen molar-refractivity contribution in [2.24, 2.45) is 5.41 Å². The van der Waals surface area contributed by atoms with Crippen LogP contribution in [0.15, 0.2) is 24.3 Å². The smallest absolute Gasteiger partial charge is 0.319 e. The Bertz CT molecular complexity index is 546. The van der Waals surface area contributed by atoms with Gasteiger partial charge in [0, 0.05) is 5.69 Å². The molecule has 0 bridgehead atoms. The van der Waals surface area contributed by atoms with Crippen molar-refractivity contribution in [1.82, 2.24) is 5.32 Å². The van der Waals surface area contributed by atoms with Gasteiger partial charge in [-0.25, -0.2) is 4.79 Å². The lowest BCUT2D eigenvalue weighted by atomic mass is 9.85. The summed E-state index contributed by atoms with van der Waals surface area (Å²) in [7, 11) is 0. The molecule has 1 saturated heterocycles. The maximum absolute atomic E-state index is 12.1. The van der Waals surface area contributed by atoms with E-state index >= 15 is 0 Å². The van der Waals surface area contributed by atoms with Crippen LogP contribution in [-0.2, 0) is 16.0 Å². The molecule has 2 amide bonds. The summed E-state index contributed by atoms with van der Waals surface area (Å²) in [6.07, 6.45) is 0.801. The Hall–Kier alpha value is -2.08. The van der Waals surface area contributed by atoms with Crippen molar-refractivity contribution in [2.75, 3.05) is 18.5 Å². The van der Waals surface area contributed by atoms with E-state index in [-0.39, 0.29) is 13.2 Å². The molecule has 114 valence electrons. The standard InChI is InChI=1S/C15H20N2O4/c1-3-10-6-4-5-7-11(10)16-14(20)17-12-8-21-9-15(12,2)13(18)19/h4-7,12H,3,8-9H2,1-2H3,(H,18,19)(H2,16,17,20). The van der Waals surface area contributed by atoms with Crippen LogP contribution < -0.4 is 10.6 Å². The third kappa shape index (κ3) is 3.16. The molecule has 0 radical (unpaired) electrons. The number of carboxylic acids is 1. The molecule has 1 aromatic rings. The molecule has 0 saturated carbocycles. The molecule has 6 nitrogen and oxygen atoms in total. The van der Waals surface area contributed by atoms with E-state index in [2.05, 4.69) is 10.6 Å². The molecule has 0 aromatic heterocycles. The number of para-hydroxylation sites is 1. The van der Waals surface area contributed by atoms with Crippen LogP contribution >= 0.6 is 0 Å². The van der Waals surface area contributed by atoms with E-state index in [9.17, 15) is 14.7 Å². The van der Waals surface area contributed by atoms with Crippen molar-refractivity contribution < 1.29 is 19.4 Å². The molecule has 0 aliphatic carbocycles. The molecule has 1 fully saturated rings. The number of ether oxygens (including phenoxy) is 1. The number of amides is 2. The first kappa shape index (κ1) is 15.3. The second-order valence-electron chi connectivity index (χ2n) is 5.40. The van der Waals surface area contributed by atoms with Crippen LogP contribution in [0.1, 0.15) is 19.4 Å². The van der Waals surface area contributed by atoms with Gasteiger partial charge in [0.1, 0.15) is 5.41 Å². The van der Waals surface area contributed by atoms with Crippen molar-refractivity contribution in [3.05, 3.63) is 29.8 Å². The van der Waals surface area contributed by atoms with E-state index in [4.69, 9.17) is 4.74 Å². The normalized spacial score (nSPS) is 24.6. The molecule has 1 aliphatic rings. The molecule has 2 atom stereocenters. The second kappa shape index (κ2) is 6.13. The summed E-state index contributed by atoms with van der Waals surface area (Å²) >= 11 is 0. The maximum Gasteiger partial charge on any atom is 0.319 e. The van der Waals surface area contributed by atoms with Gasteiger partial charge in [0.05, 0.1) is 19.3 Å². The molecule has 2 rings (SSSR count). The van der Waals surface area contributed by atoms with E-state index in [1.165, 1.54) is 0 Å². The Balaban J connectivity index is 2.03. The first-order valence-corrected chi connectivity index (χ1v) is 6.94. The number of urea groups is 1. The van der Waals surface area contributed by atoms with Gasteiger partial charge < -0.3 is 20.5 Å². The topological polar surface area (TPSA) is 87.7 Å². The van der Waals surface area contributed by atoms with Crippen LogP contribution in [0.3, 0.4) is 0 Å². The first-order chi connectivity index (χ1) is 9.97. The Kier molecular flexibility index (Phi) is 4.47. The predicted octanol–water partition coefficient (Wildman–Crippen LogP) is 1.86. The number of aryl methyl sites for hydroxylation is 1. The van der Waals surface area contributed by atoms with Gasteiger partial charge in [0.2, 0.25) is 0 Å². The quantitative estimate of drug-likeness (QED) is 0.790. The number of hydrogen-bond acceptors (Lipinski definition) is 3. The van der Waals surface area contributed by atoms with Crippen molar-refractivity contribution in [2.45, 2.75) is 26.3 Å². The van der Waals surface area contributed by atoms with Gasteiger partial charge >= 0.3 is 12.0 Å². The number of carboxylic acid groups (broad SMARTS) is 1. The SMILES string of the molecule is CCc1ccccc1NC(=O)NC1COCC1(C)C(=O)O. The zero-order chi connectivity index (χ0) is 15.5. The van der Waals surface area contributed by atoms with E-state index in [0.29, 0.717) is 0 Å². The highest BCUT2D eigenvalue weighted by atomic mass is 16.5. The average molecular weight is 292 g/mol. The summed E-state index contributed by atoms with van der Waals surface area (Å²) in [6, 6.07) is 6.54. The van der Waals surface area contributed by atoms with E-state index in [1.807, 2.05) is 31.2 Å². The largest absolute Gasteiger partial charge is 0.481 e. The Morgan fingerprint density at radius 1 is 1.43 bits per heavy atom. The van der Waals surface area contributed by atoms with Crippen molar-refractivity contribution in [1.29, 1.82) is 0 Å². The van der Waals surface area contributed by atoms with Crippen LogP contribution in [0, 0.1) is 5.41 Å². The van der Waals surface area contributed by atoms with Gasteiger partial charge in [-0.2, -0.15) is 0 Å². The van der Waals surface area contributed by atoms with Gasteiger partial charge in [-0.3, -0.25) is 4.79 Å². The number of carbonyl (C=O) groups is 2. The fourth-order valence-corrected chi connectivity index (χ4v) is 2.35. The molecular weight excluding hydrogens is 272 g/mol. The molecule has 1 aromatic carbocycles. The average Bonchev–Trinajstić information content (AvgIpc) is 2.82. The lowest BCUT2D eigenvalue weighted by Gasteiger charge is -2.25. The summed E-state index contributed by atoms with van der Waals surface area (Å²) in [5.41, 5.74) is 0.659. The number of carbonyl (C=O) groups excluding carboxylic acids is 1. The molecule has 0 spiro atoms. The number of nitrogens with one attached hydrogen (secondary N) is 2. The summed E-state index contributed by atoms with van der Waals surface area (Å²) < 4.78 is 5.21. The molecular formula is C15H20N2O4. The predicted molar refractivity (Wildman–Crippen MR) is 78.3 cm³/mol. The number of aliphatic carboxylic acids is 1. The van der Waals surface area contributed by atoms with Crippen molar-refractivity contribution in [3.8, 4) is 0 Å². The highest BCUT2D eigenvalue weighted by molar-refractivity contribution is 5.91. The summed E-state index contributed by atoms with van der Waals surface area (Å²) in [5, 5.41) is 14.7. The van der Waals surface area contributed by atoms with Gasteiger partial charge in [-0.05, 0) is 25.0 Å². The number of benzene rings is 1. The lowest BCUT2D eigenvalue weighted by molar-refractivity contribution is -0.148. The Morgan fingerprint density at radius 2 is 2.14 bits per heavy atom. The Morgan fingerprint density at radius 3 is 2.81 bits per heavy atom. The highest BCUT2D eigenvalue weighted by Gasteiger charge is 2.47. The number of anilines is 1. The van der Waals surface area contributed by atoms with Crippen molar-refractivity contribution >= 4 is 17.7 Å². The van der Waals surface area contributed by atoms with Gasteiger partial charge in [-0.15, -0.1) is 0 Å². The minimum absolute atomic E-state index is 0.0961. The molecule has 21 heavy (non-hydrogen) atoms. The van der Waals surface area contributed by atoms with E-state index < -0.39 is 23.5 Å². The van der Waals surface area contributed by atoms with Gasteiger partial charge in [0.25, 0.3) is 0 Å². The molecule has 6 heteroatoms. The molecule has 1 aliphatic heterocycles. The van der Waals surface area contributed by atoms with E-state index in [0.717, 1.165) is 17.7 Å². The van der Waals surface area contributed by atoms with Crippen LogP contribution in [0.2, 0.25) is 0 Å². The fraction of sp³-hybridized carbons (Fsp3) is 0.467. The minimum Gasteiger partial charge on any atom is -0.481 e. The van der Waals surface area contributed by atoms with Gasteiger partial charge in [0.15, 0.2) is 0 Å². The summed E-state index contributed by atoms with van der Waals surface area (Å²) in [6.45, 7) is 3.88. The maximum atomic E-state index is 12.1. The Labute approximate surface area is 123 Å². The lowest BCUT2D eigenvalue weighted by Crippen LogP contribution is -2.50. The fourth-order valence-electron chi connectivity index (χ4n) is 2.35. The zero-order valence-electron chi connectivity index (χ0n) is 12.2. The van der Waals surface area contributed by atoms with Crippen LogP contribution in [0.4, 0.5) is 10.5 Å². The summed E-state index contributed by atoms with van der Waals surface area (Å²) in [4.78, 5) is 23.4. The molecule has 2 unspecified atom stereocenters. The summed E-state index contributed by atoms with van der Waals surface area (Å²) in [5.74, 6) is -0.973. The van der Waals surface area contributed by atoms with Crippen LogP contribution in [0.25, 0.3) is 0 Å². The molecule has 3 N–H and O–H groups in total. The van der Waals surface area contributed by atoms with Crippen LogP contribution in [-0.4, -0.2) is 36.4 Å². The van der Waals surface area contributed by atoms with Gasteiger partial charge in [-0.1, -0.05) is 25.1 Å². The van der Waals surface area contributed by atoms with Crippen LogP contribution in [0.5, 0.6) is 0 Å². The van der Waals surface area contributed by atoms with E-state index in [1.54, 1.807) is 6.92 Å². The third-order valence-electron chi connectivity index (χ3n) is 3.90. The first-order valence-electron chi connectivity index (χ1n) is 6.94.